The molecular weight excluding hydrogens is 363 g/mol. The Morgan fingerprint density at radius 3 is 2.81 bits per heavy atom. The lowest BCUT2D eigenvalue weighted by Gasteiger charge is -2.15. The molecule has 1 aliphatic heterocycles. The van der Waals surface area contributed by atoms with Gasteiger partial charge in [0.15, 0.2) is 0 Å². The van der Waals surface area contributed by atoms with Crippen LogP contribution >= 0.6 is 11.3 Å². The second-order valence-electron chi connectivity index (χ2n) is 6.80. The highest BCUT2D eigenvalue weighted by Crippen LogP contribution is 2.33. The van der Waals surface area contributed by atoms with Crippen molar-refractivity contribution in [2.24, 2.45) is 0 Å². The third kappa shape index (κ3) is 3.76. The van der Waals surface area contributed by atoms with E-state index in [0.29, 0.717) is 16.6 Å². The molecule has 0 spiro atoms. The van der Waals surface area contributed by atoms with Crippen molar-refractivity contribution < 1.29 is 18.0 Å². The van der Waals surface area contributed by atoms with Crippen molar-refractivity contribution in [1.82, 2.24) is 15.2 Å². The second-order valence-corrected chi connectivity index (χ2v) is 7.66. The lowest BCUT2D eigenvalue weighted by Crippen LogP contribution is -2.37. The van der Waals surface area contributed by atoms with E-state index in [2.05, 4.69) is 15.2 Å². The predicted octanol–water partition coefficient (Wildman–Crippen LogP) is 3.80. The topological polar surface area (TPSA) is 45.2 Å². The maximum atomic E-state index is 12.9. The summed E-state index contributed by atoms with van der Waals surface area (Å²) >= 11 is 1.17. The number of aromatic nitrogens is 1. The van der Waals surface area contributed by atoms with Gasteiger partial charge in [0, 0.05) is 36.1 Å². The number of nitrogens with zero attached hydrogens (tertiary/aromatic N) is 2. The Morgan fingerprint density at radius 2 is 2.08 bits per heavy atom. The fourth-order valence-corrected chi connectivity index (χ4v) is 4.07. The molecule has 0 radical (unpaired) electrons. The summed E-state index contributed by atoms with van der Waals surface area (Å²) in [5, 5.41) is 5.00. The Bertz CT molecular complexity index is 816. The summed E-state index contributed by atoms with van der Waals surface area (Å²) in [5.74, 6) is -0.262. The molecular formula is C18H18F3N3OS. The van der Waals surface area contributed by atoms with Crippen molar-refractivity contribution >= 4 is 17.2 Å². The first-order chi connectivity index (χ1) is 12.4. The highest BCUT2D eigenvalue weighted by molar-refractivity contribution is 7.13. The zero-order chi connectivity index (χ0) is 18.3. The molecule has 4 nitrogen and oxygen atoms in total. The van der Waals surface area contributed by atoms with Gasteiger partial charge in [0.2, 0.25) is 0 Å². The van der Waals surface area contributed by atoms with Crippen LogP contribution in [0.15, 0.2) is 29.6 Å². The molecule has 2 heterocycles. The van der Waals surface area contributed by atoms with Gasteiger partial charge in [-0.25, -0.2) is 4.98 Å². The van der Waals surface area contributed by atoms with Crippen molar-refractivity contribution in [2.75, 3.05) is 13.1 Å². The number of alkyl halides is 3. The second kappa shape index (κ2) is 6.66. The van der Waals surface area contributed by atoms with E-state index in [1.165, 1.54) is 30.2 Å². The number of benzene rings is 1. The van der Waals surface area contributed by atoms with Gasteiger partial charge in [0.1, 0.15) is 10.7 Å². The molecule has 2 aromatic rings. The number of carbonyl (C=O) groups excluding carboxylic acids is 1. The van der Waals surface area contributed by atoms with Crippen molar-refractivity contribution in [1.29, 1.82) is 0 Å². The Labute approximate surface area is 153 Å². The van der Waals surface area contributed by atoms with Gasteiger partial charge in [-0.3, -0.25) is 9.69 Å². The first kappa shape index (κ1) is 17.5. The number of carbonyl (C=O) groups is 1. The van der Waals surface area contributed by atoms with Gasteiger partial charge in [-0.1, -0.05) is 12.1 Å². The maximum absolute atomic E-state index is 12.9. The summed E-state index contributed by atoms with van der Waals surface area (Å²) in [6, 6.07) is 5.80. The number of nitrogens with one attached hydrogen (secondary N) is 1. The minimum absolute atomic E-state index is 0.113. The van der Waals surface area contributed by atoms with Crippen LogP contribution in [-0.2, 0) is 6.18 Å². The number of amides is 1. The zero-order valence-electron chi connectivity index (χ0n) is 13.9. The van der Waals surface area contributed by atoms with Crippen molar-refractivity contribution in [3.63, 3.8) is 0 Å². The average molecular weight is 381 g/mol. The number of rotatable bonds is 4. The summed E-state index contributed by atoms with van der Waals surface area (Å²) < 4.78 is 38.6. The molecule has 138 valence electrons. The molecule has 2 aliphatic rings. The Hall–Kier alpha value is -1.93. The van der Waals surface area contributed by atoms with Crippen LogP contribution in [0.5, 0.6) is 0 Å². The molecule has 1 saturated carbocycles. The van der Waals surface area contributed by atoms with E-state index < -0.39 is 11.7 Å². The van der Waals surface area contributed by atoms with Crippen LogP contribution in [0, 0.1) is 0 Å². The largest absolute Gasteiger partial charge is 0.416 e. The Morgan fingerprint density at radius 1 is 1.27 bits per heavy atom. The lowest BCUT2D eigenvalue weighted by molar-refractivity contribution is -0.137. The maximum Gasteiger partial charge on any atom is 0.416 e. The monoisotopic (exact) mass is 381 g/mol. The fraction of sp³-hybridized carbons (Fsp3) is 0.444. The highest BCUT2D eigenvalue weighted by Gasteiger charge is 2.35. The first-order valence-corrected chi connectivity index (χ1v) is 9.46. The van der Waals surface area contributed by atoms with Crippen LogP contribution in [0.2, 0.25) is 0 Å². The van der Waals surface area contributed by atoms with Crippen molar-refractivity contribution in [3.8, 4) is 10.6 Å². The summed E-state index contributed by atoms with van der Waals surface area (Å²) in [5.41, 5.74) is -0.0979. The fourth-order valence-electron chi connectivity index (χ4n) is 3.27. The summed E-state index contributed by atoms with van der Waals surface area (Å²) in [4.78, 5) is 19.0. The van der Waals surface area contributed by atoms with Crippen molar-refractivity contribution in [3.05, 3.63) is 40.9 Å². The zero-order valence-corrected chi connectivity index (χ0v) is 14.7. The van der Waals surface area contributed by atoms with E-state index in [-0.39, 0.29) is 17.6 Å². The molecule has 8 heteroatoms. The predicted molar refractivity (Wildman–Crippen MR) is 93.0 cm³/mol. The van der Waals surface area contributed by atoms with Crippen LogP contribution < -0.4 is 5.32 Å². The highest BCUT2D eigenvalue weighted by atomic mass is 32.1. The normalized spacial score (nSPS) is 21.1. The van der Waals surface area contributed by atoms with Gasteiger partial charge in [-0.05, 0) is 31.4 Å². The standard InChI is InChI=1S/C18H18F3N3OS/c19-18(20,21)12-3-1-2-11(8-12)17-23-15(10-26-17)16(25)22-13-6-7-24(9-13)14-4-5-14/h1-3,8,10,13-14H,4-7,9H2,(H,22,25). The van der Waals surface area contributed by atoms with E-state index in [1.54, 1.807) is 11.4 Å². The third-order valence-corrected chi connectivity index (χ3v) is 5.68. The minimum Gasteiger partial charge on any atom is -0.347 e. The van der Waals surface area contributed by atoms with Gasteiger partial charge in [0.05, 0.1) is 5.56 Å². The average Bonchev–Trinajstić information content (AvgIpc) is 3.15. The molecule has 1 atom stereocenters. The van der Waals surface area contributed by atoms with Gasteiger partial charge in [0.25, 0.3) is 5.91 Å². The molecule has 1 N–H and O–H groups in total. The quantitative estimate of drug-likeness (QED) is 0.876. The summed E-state index contributed by atoms with van der Waals surface area (Å²) in [7, 11) is 0. The van der Waals surface area contributed by atoms with Gasteiger partial charge < -0.3 is 5.32 Å². The number of halogens is 3. The van der Waals surface area contributed by atoms with Crippen LogP contribution in [0.25, 0.3) is 10.6 Å². The Kier molecular flexibility index (Phi) is 4.48. The van der Waals surface area contributed by atoms with Crippen LogP contribution in [0.1, 0.15) is 35.3 Å². The number of hydrogen-bond acceptors (Lipinski definition) is 4. The van der Waals surface area contributed by atoms with E-state index in [9.17, 15) is 18.0 Å². The molecule has 1 saturated heterocycles. The SMILES string of the molecule is O=C(NC1CCN(C2CC2)C1)c1csc(-c2cccc(C(F)(F)F)c2)n1. The lowest BCUT2D eigenvalue weighted by atomic mass is 10.1. The number of thiazole rings is 1. The smallest absolute Gasteiger partial charge is 0.347 e. The molecule has 4 rings (SSSR count). The van der Waals surface area contributed by atoms with E-state index >= 15 is 0 Å². The summed E-state index contributed by atoms with van der Waals surface area (Å²) in [6.45, 7) is 1.86. The van der Waals surface area contributed by atoms with E-state index in [0.717, 1.165) is 31.6 Å². The number of likely N-dealkylation sites (tertiary alicyclic amines) is 1. The molecule has 1 aliphatic carbocycles. The minimum atomic E-state index is -4.40. The molecule has 26 heavy (non-hydrogen) atoms. The Balaban J connectivity index is 1.43. The molecule has 0 bridgehead atoms. The molecule has 1 aromatic heterocycles. The van der Waals surface area contributed by atoms with Crippen LogP contribution in [0.4, 0.5) is 13.2 Å². The summed E-state index contributed by atoms with van der Waals surface area (Å²) in [6.07, 6.45) is -0.990. The molecule has 1 amide bonds. The van der Waals surface area contributed by atoms with E-state index in [1.807, 2.05) is 0 Å². The molecule has 2 fully saturated rings. The van der Waals surface area contributed by atoms with Gasteiger partial charge in [-0.2, -0.15) is 13.2 Å². The van der Waals surface area contributed by atoms with E-state index in [4.69, 9.17) is 0 Å². The molecule has 1 unspecified atom stereocenters. The van der Waals surface area contributed by atoms with Crippen LogP contribution in [0.3, 0.4) is 0 Å². The van der Waals surface area contributed by atoms with Crippen molar-refractivity contribution in [2.45, 2.75) is 37.5 Å². The van der Waals surface area contributed by atoms with Gasteiger partial charge in [-0.15, -0.1) is 11.3 Å². The van der Waals surface area contributed by atoms with Crippen LogP contribution in [-0.4, -0.2) is 41.0 Å². The van der Waals surface area contributed by atoms with Gasteiger partial charge >= 0.3 is 6.18 Å². The third-order valence-electron chi connectivity index (χ3n) is 4.79. The number of hydrogen-bond donors (Lipinski definition) is 1. The first-order valence-electron chi connectivity index (χ1n) is 8.58. The molecule has 1 aromatic carbocycles.